The predicted molar refractivity (Wildman–Crippen MR) is 145 cm³/mol. The zero-order chi connectivity index (χ0) is 31.1. The lowest BCUT2D eigenvalue weighted by Gasteiger charge is -2.33. The van der Waals surface area contributed by atoms with Gasteiger partial charge in [0.15, 0.2) is 6.10 Å². The molecule has 1 aromatic heterocycles. The molecule has 224 valence electrons. The van der Waals surface area contributed by atoms with Gasteiger partial charge in [0.25, 0.3) is 5.91 Å². The number of esters is 2. The van der Waals surface area contributed by atoms with Gasteiger partial charge in [-0.2, -0.15) is 18.4 Å². The van der Waals surface area contributed by atoms with Crippen molar-refractivity contribution in [2.75, 3.05) is 25.5 Å². The van der Waals surface area contributed by atoms with Crippen LogP contribution in [0, 0.1) is 11.3 Å². The Morgan fingerprint density at radius 1 is 1.09 bits per heavy atom. The van der Waals surface area contributed by atoms with Gasteiger partial charge in [0.1, 0.15) is 17.9 Å². The molecule has 1 fully saturated rings. The van der Waals surface area contributed by atoms with Gasteiger partial charge in [-0.15, -0.1) is 0 Å². The predicted octanol–water partition coefficient (Wildman–Crippen LogP) is 4.41. The lowest BCUT2D eigenvalue weighted by atomic mass is 10.1. The Kier molecular flexibility index (Phi) is 9.44. The number of piperidine rings is 1. The van der Waals surface area contributed by atoms with Crippen molar-refractivity contribution in [3.05, 3.63) is 65.9 Å². The van der Waals surface area contributed by atoms with Crippen molar-refractivity contribution in [1.29, 1.82) is 5.26 Å². The summed E-state index contributed by atoms with van der Waals surface area (Å²) in [4.78, 5) is 45.1. The van der Waals surface area contributed by atoms with Crippen molar-refractivity contribution in [3.8, 4) is 23.1 Å². The highest BCUT2D eigenvalue weighted by Crippen LogP contribution is 2.29. The van der Waals surface area contributed by atoms with Crippen molar-refractivity contribution < 1.29 is 41.8 Å². The number of likely N-dealkylation sites (tertiary alicyclic amines) is 1. The Balaban J connectivity index is 1.37. The number of carbonyl (C=O) groups is 3. The maximum absolute atomic E-state index is 12.4. The van der Waals surface area contributed by atoms with Gasteiger partial charge < -0.3 is 24.4 Å². The van der Waals surface area contributed by atoms with Crippen LogP contribution in [0.4, 0.5) is 24.8 Å². The number of halogens is 3. The third-order valence-electron chi connectivity index (χ3n) is 6.52. The van der Waals surface area contributed by atoms with Crippen LogP contribution in [-0.2, 0) is 19.1 Å². The second kappa shape index (κ2) is 13.2. The largest absolute Gasteiger partial charge is 0.490 e. The molecular formula is C29H26F3N5O6. The standard InChI is InChI=1S/C29H26F3N5O6/c1-17(42-27(40)29(30,31)32)25(38)37-13-10-22(11-14-37)43-24-8-5-19(15-20(24)16-33)23-9-12-34-28(36-23)35-21-6-3-18(4-7-21)26(39)41-2/h3-9,12,15,17,22H,10-11,13-14H2,1-2H3,(H,34,35,36)/t17-/m1/s1. The highest BCUT2D eigenvalue weighted by Gasteiger charge is 2.43. The summed E-state index contributed by atoms with van der Waals surface area (Å²) in [5.74, 6) is -2.96. The summed E-state index contributed by atoms with van der Waals surface area (Å²) >= 11 is 0. The molecule has 0 spiro atoms. The first-order chi connectivity index (χ1) is 20.5. The van der Waals surface area contributed by atoms with Gasteiger partial charge in [-0.3, -0.25) is 4.79 Å². The molecule has 1 atom stereocenters. The number of nitriles is 1. The van der Waals surface area contributed by atoms with Gasteiger partial charge in [-0.05, 0) is 55.5 Å². The number of hydrogen-bond donors (Lipinski definition) is 1. The molecule has 1 saturated heterocycles. The summed E-state index contributed by atoms with van der Waals surface area (Å²) in [6.45, 7) is 1.45. The van der Waals surface area contributed by atoms with E-state index in [1.54, 1.807) is 54.7 Å². The van der Waals surface area contributed by atoms with Crippen molar-refractivity contribution in [3.63, 3.8) is 0 Å². The summed E-state index contributed by atoms with van der Waals surface area (Å²) in [5, 5.41) is 12.8. The van der Waals surface area contributed by atoms with Crippen molar-refractivity contribution in [2.24, 2.45) is 0 Å². The number of benzene rings is 2. The highest BCUT2D eigenvalue weighted by atomic mass is 19.4. The molecule has 0 unspecified atom stereocenters. The molecule has 43 heavy (non-hydrogen) atoms. The van der Waals surface area contributed by atoms with Crippen LogP contribution in [0.3, 0.4) is 0 Å². The normalized spacial score (nSPS) is 14.3. The smallest absolute Gasteiger partial charge is 0.489 e. The molecule has 0 radical (unpaired) electrons. The maximum Gasteiger partial charge on any atom is 0.490 e. The van der Waals surface area contributed by atoms with Crippen LogP contribution in [-0.4, -0.2) is 71.3 Å². The first kappa shape index (κ1) is 30.8. The molecular weight excluding hydrogens is 571 g/mol. The first-order valence-electron chi connectivity index (χ1n) is 13.0. The van der Waals surface area contributed by atoms with Crippen LogP contribution in [0.5, 0.6) is 5.75 Å². The fourth-order valence-electron chi connectivity index (χ4n) is 4.30. The molecule has 1 aliphatic heterocycles. The number of amides is 1. The SMILES string of the molecule is COC(=O)c1ccc(Nc2nccc(-c3ccc(OC4CCN(C(=O)[C@@H](C)OC(=O)C(F)(F)F)CC4)c(C#N)c3)n2)cc1. The lowest BCUT2D eigenvalue weighted by molar-refractivity contribution is -0.205. The van der Waals surface area contributed by atoms with E-state index in [1.165, 1.54) is 12.0 Å². The lowest BCUT2D eigenvalue weighted by Crippen LogP contribution is -2.47. The Morgan fingerprint density at radius 3 is 2.42 bits per heavy atom. The van der Waals surface area contributed by atoms with E-state index in [1.807, 2.05) is 0 Å². The van der Waals surface area contributed by atoms with Gasteiger partial charge in [-0.1, -0.05) is 0 Å². The van der Waals surface area contributed by atoms with Crippen LogP contribution in [0.25, 0.3) is 11.3 Å². The fourth-order valence-corrected chi connectivity index (χ4v) is 4.30. The number of hydrogen-bond acceptors (Lipinski definition) is 10. The zero-order valence-corrected chi connectivity index (χ0v) is 23.1. The van der Waals surface area contributed by atoms with Crippen molar-refractivity contribution in [1.82, 2.24) is 14.9 Å². The molecule has 1 amide bonds. The molecule has 0 bridgehead atoms. The summed E-state index contributed by atoms with van der Waals surface area (Å²) in [5.41, 5.74) is 2.48. The summed E-state index contributed by atoms with van der Waals surface area (Å²) < 4.78 is 52.3. The van der Waals surface area contributed by atoms with E-state index in [2.05, 4.69) is 26.1 Å². The topological polar surface area (TPSA) is 144 Å². The average Bonchev–Trinajstić information content (AvgIpc) is 3.00. The molecule has 2 heterocycles. The van der Waals surface area contributed by atoms with Crippen LogP contribution in [0.1, 0.15) is 35.7 Å². The molecule has 3 aromatic rings. The number of methoxy groups -OCH3 is 1. The number of rotatable bonds is 8. The van der Waals surface area contributed by atoms with Crippen LogP contribution in [0.15, 0.2) is 54.7 Å². The second-order valence-electron chi connectivity index (χ2n) is 9.47. The van der Waals surface area contributed by atoms with Crippen molar-refractivity contribution >= 4 is 29.5 Å². The van der Waals surface area contributed by atoms with Crippen LogP contribution in [0.2, 0.25) is 0 Å². The molecule has 2 aromatic carbocycles. The van der Waals surface area contributed by atoms with E-state index < -0.39 is 30.1 Å². The van der Waals surface area contributed by atoms with E-state index in [9.17, 15) is 32.8 Å². The number of alkyl halides is 3. The number of carbonyl (C=O) groups excluding carboxylic acids is 3. The minimum atomic E-state index is -5.18. The Hall–Kier alpha value is -5.19. The van der Waals surface area contributed by atoms with E-state index in [0.29, 0.717) is 47.0 Å². The molecule has 14 heteroatoms. The second-order valence-corrected chi connectivity index (χ2v) is 9.47. The Morgan fingerprint density at radius 2 is 1.79 bits per heavy atom. The third kappa shape index (κ3) is 7.76. The minimum Gasteiger partial charge on any atom is -0.489 e. The van der Waals surface area contributed by atoms with E-state index in [-0.39, 0.29) is 24.8 Å². The molecule has 4 rings (SSSR count). The van der Waals surface area contributed by atoms with Gasteiger partial charge in [0, 0.05) is 43.4 Å². The summed E-state index contributed by atoms with van der Waals surface area (Å²) in [6.07, 6.45) is -4.83. The van der Waals surface area contributed by atoms with Crippen LogP contribution < -0.4 is 10.1 Å². The summed E-state index contributed by atoms with van der Waals surface area (Å²) in [6, 6.07) is 15.4. The van der Waals surface area contributed by atoms with Gasteiger partial charge in [-0.25, -0.2) is 19.6 Å². The van der Waals surface area contributed by atoms with Crippen LogP contribution >= 0.6 is 0 Å². The third-order valence-corrected chi connectivity index (χ3v) is 6.52. The number of nitrogens with zero attached hydrogens (tertiary/aromatic N) is 4. The first-order valence-corrected chi connectivity index (χ1v) is 13.0. The molecule has 1 aliphatic rings. The molecule has 0 saturated carbocycles. The highest BCUT2D eigenvalue weighted by molar-refractivity contribution is 5.89. The minimum absolute atomic E-state index is 0.180. The number of nitrogens with one attached hydrogen (secondary N) is 1. The zero-order valence-electron chi connectivity index (χ0n) is 23.1. The maximum atomic E-state index is 12.4. The van der Waals surface area contributed by atoms with E-state index >= 15 is 0 Å². The van der Waals surface area contributed by atoms with Gasteiger partial charge >= 0.3 is 18.1 Å². The average molecular weight is 598 g/mol. The molecule has 11 nitrogen and oxygen atoms in total. The van der Waals surface area contributed by atoms with Gasteiger partial charge in [0.2, 0.25) is 5.95 Å². The van der Waals surface area contributed by atoms with E-state index in [0.717, 1.165) is 6.92 Å². The summed E-state index contributed by atoms with van der Waals surface area (Å²) in [7, 11) is 1.30. The van der Waals surface area contributed by atoms with Crippen molar-refractivity contribution in [2.45, 2.75) is 38.1 Å². The number of anilines is 2. The molecule has 0 aliphatic carbocycles. The number of aromatic nitrogens is 2. The molecule has 1 N–H and O–H groups in total. The number of ether oxygens (including phenoxy) is 3. The fraction of sp³-hybridized carbons (Fsp3) is 0.310. The Labute approximate surface area is 244 Å². The quantitative estimate of drug-likeness (QED) is 0.371. The van der Waals surface area contributed by atoms with E-state index in [4.69, 9.17) is 9.47 Å². The van der Waals surface area contributed by atoms with Gasteiger partial charge in [0.05, 0.1) is 23.9 Å². The Bertz CT molecular complexity index is 1530. The monoisotopic (exact) mass is 597 g/mol.